The van der Waals surface area contributed by atoms with Gasteiger partial charge >= 0.3 is 0 Å². The number of nitrogens with zero attached hydrogens (tertiary/aromatic N) is 1. The summed E-state index contributed by atoms with van der Waals surface area (Å²) in [5, 5.41) is 12.9. The fraction of sp³-hybridized carbons (Fsp3) is 0.562. The van der Waals surface area contributed by atoms with Crippen molar-refractivity contribution in [3.05, 3.63) is 35.4 Å². The van der Waals surface area contributed by atoms with Gasteiger partial charge in [-0.05, 0) is 33.5 Å². The van der Waals surface area contributed by atoms with Crippen molar-refractivity contribution in [1.29, 1.82) is 0 Å². The van der Waals surface area contributed by atoms with E-state index in [0.29, 0.717) is 12.3 Å². The SMILES string of the molecule is Cc1ccc(CSCC(=O)NCC(C)(O)CN(C)C)cc1. The molecule has 21 heavy (non-hydrogen) atoms. The van der Waals surface area contributed by atoms with Gasteiger partial charge in [0.2, 0.25) is 5.91 Å². The maximum Gasteiger partial charge on any atom is 0.230 e. The fourth-order valence-electron chi connectivity index (χ4n) is 2.02. The lowest BCUT2D eigenvalue weighted by molar-refractivity contribution is -0.119. The number of carbonyl (C=O) groups is 1. The van der Waals surface area contributed by atoms with Gasteiger partial charge in [0.1, 0.15) is 0 Å². The summed E-state index contributed by atoms with van der Waals surface area (Å²) < 4.78 is 0. The summed E-state index contributed by atoms with van der Waals surface area (Å²) in [5.74, 6) is 1.19. The van der Waals surface area contributed by atoms with Crippen LogP contribution in [0.5, 0.6) is 0 Å². The molecule has 1 amide bonds. The summed E-state index contributed by atoms with van der Waals surface area (Å²) in [7, 11) is 3.79. The molecule has 0 saturated heterocycles. The minimum atomic E-state index is -0.902. The summed E-state index contributed by atoms with van der Waals surface area (Å²) in [6.45, 7) is 4.58. The number of likely N-dealkylation sites (N-methyl/N-ethyl adjacent to an activating group) is 1. The number of aliphatic hydroxyl groups is 1. The number of carbonyl (C=O) groups excluding carboxylic acids is 1. The van der Waals surface area contributed by atoms with Crippen LogP contribution in [0.3, 0.4) is 0 Å². The Morgan fingerprint density at radius 3 is 2.52 bits per heavy atom. The van der Waals surface area contributed by atoms with Crippen LogP contribution in [0.25, 0.3) is 0 Å². The lowest BCUT2D eigenvalue weighted by Crippen LogP contribution is -2.47. The molecule has 0 heterocycles. The number of hydrogen-bond donors (Lipinski definition) is 2. The highest BCUT2D eigenvalue weighted by Crippen LogP contribution is 2.12. The van der Waals surface area contributed by atoms with Gasteiger partial charge in [-0.15, -0.1) is 11.8 Å². The molecule has 0 bridgehead atoms. The zero-order valence-electron chi connectivity index (χ0n) is 13.3. The van der Waals surface area contributed by atoms with Gasteiger partial charge in [-0.3, -0.25) is 4.79 Å². The van der Waals surface area contributed by atoms with Crippen molar-refractivity contribution in [2.24, 2.45) is 0 Å². The van der Waals surface area contributed by atoms with Crippen molar-refractivity contribution < 1.29 is 9.90 Å². The largest absolute Gasteiger partial charge is 0.387 e. The van der Waals surface area contributed by atoms with E-state index >= 15 is 0 Å². The Hall–Kier alpha value is -1.04. The van der Waals surface area contributed by atoms with Crippen LogP contribution >= 0.6 is 11.8 Å². The van der Waals surface area contributed by atoms with Crippen molar-refractivity contribution in [2.75, 3.05) is 32.9 Å². The third kappa shape index (κ3) is 8.09. The first-order valence-electron chi connectivity index (χ1n) is 7.05. The molecule has 1 aromatic carbocycles. The van der Waals surface area contributed by atoms with Crippen molar-refractivity contribution in [3.63, 3.8) is 0 Å². The van der Waals surface area contributed by atoms with E-state index < -0.39 is 5.60 Å². The predicted molar refractivity (Wildman–Crippen MR) is 89.5 cm³/mol. The molecule has 0 fully saturated rings. The summed E-state index contributed by atoms with van der Waals surface area (Å²) in [6.07, 6.45) is 0. The monoisotopic (exact) mass is 310 g/mol. The van der Waals surface area contributed by atoms with Crippen molar-refractivity contribution in [3.8, 4) is 0 Å². The molecule has 5 heteroatoms. The van der Waals surface area contributed by atoms with Crippen LogP contribution in [0.4, 0.5) is 0 Å². The van der Waals surface area contributed by atoms with E-state index in [-0.39, 0.29) is 12.5 Å². The molecule has 0 aliphatic rings. The van der Waals surface area contributed by atoms with Crippen LogP contribution in [-0.2, 0) is 10.5 Å². The molecule has 0 radical (unpaired) electrons. The minimum Gasteiger partial charge on any atom is -0.387 e. The minimum absolute atomic E-state index is 0.0360. The van der Waals surface area contributed by atoms with Crippen LogP contribution in [0.1, 0.15) is 18.1 Å². The Kier molecular flexibility index (Phi) is 7.22. The molecule has 2 N–H and O–H groups in total. The van der Waals surface area contributed by atoms with Crippen molar-refractivity contribution >= 4 is 17.7 Å². The second-order valence-corrected chi connectivity index (χ2v) is 6.98. The van der Waals surface area contributed by atoms with E-state index in [2.05, 4.69) is 36.5 Å². The lowest BCUT2D eigenvalue weighted by atomic mass is 10.1. The maximum atomic E-state index is 11.8. The van der Waals surface area contributed by atoms with Crippen LogP contribution in [0.2, 0.25) is 0 Å². The molecule has 1 rings (SSSR count). The number of aryl methyl sites for hydroxylation is 1. The second-order valence-electron chi connectivity index (χ2n) is 5.99. The molecule has 0 spiro atoms. The highest BCUT2D eigenvalue weighted by molar-refractivity contribution is 7.99. The summed E-state index contributed by atoms with van der Waals surface area (Å²) in [5.41, 5.74) is 1.56. The number of rotatable bonds is 8. The van der Waals surface area contributed by atoms with Crippen LogP contribution in [-0.4, -0.2) is 54.5 Å². The average molecular weight is 310 g/mol. The van der Waals surface area contributed by atoms with Gasteiger partial charge in [0.15, 0.2) is 0 Å². The molecule has 1 atom stereocenters. The quantitative estimate of drug-likeness (QED) is 0.767. The zero-order valence-corrected chi connectivity index (χ0v) is 14.2. The molecule has 1 aromatic rings. The number of amides is 1. The van der Waals surface area contributed by atoms with Gasteiger partial charge in [0, 0.05) is 18.8 Å². The average Bonchev–Trinajstić information content (AvgIpc) is 2.37. The van der Waals surface area contributed by atoms with Crippen LogP contribution in [0, 0.1) is 6.92 Å². The lowest BCUT2D eigenvalue weighted by Gasteiger charge is -2.27. The molecule has 0 aromatic heterocycles. The molecule has 0 aliphatic heterocycles. The van der Waals surface area contributed by atoms with Gasteiger partial charge in [0.05, 0.1) is 11.4 Å². The Bertz CT molecular complexity index is 444. The molecule has 4 nitrogen and oxygen atoms in total. The highest BCUT2D eigenvalue weighted by atomic mass is 32.2. The van der Waals surface area contributed by atoms with E-state index in [9.17, 15) is 9.90 Å². The molecular formula is C16H26N2O2S. The van der Waals surface area contributed by atoms with E-state index in [0.717, 1.165) is 5.75 Å². The molecular weight excluding hydrogens is 284 g/mol. The first kappa shape index (κ1) is 18.0. The van der Waals surface area contributed by atoms with Crippen LogP contribution < -0.4 is 5.32 Å². The molecule has 1 unspecified atom stereocenters. The van der Waals surface area contributed by atoms with Crippen molar-refractivity contribution in [2.45, 2.75) is 25.2 Å². The first-order chi connectivity index (χ1) is 9.78. The smallest absolute Gasteiger partial charge is 0.230 e. The second kappa shape index (κ2) is 8.41. The van der Waals surface area contributed by atoms with E-state index in [1.54, 1.807) is 18.7 Å². The Balaban J connectivity index is 2.23. The van der Waals surface area contributed by atoms with E-state index in [4.69, 9.17) is 0 Å². The number of benzene rings is 1. The van der Waals surface area contributed by atoms with Gasteiger partial charge in [-0.1, -0.05) is 29.8 Å². The summed E-state index contributed by atoms with van der Waals surface area (Å²) in [4.78, 5) is 13.7. The highest BCUT2D eigenvalue weighted by Gasteiger charge is 2.21. The maximum absolute atomic E-state index is 11.8. The standard InChI is InChI=1S/C16H26N2O2S/c1-13-5-7-14(8-6-13)9-21-10-15(19)17-11-16(2,20)12-18(3)4/h5-8,20H,9-12H2,1-4H3,(H,17,19). The number of nitrogens with one attached hydrogen (secondary N) is 1. The Labute approximate surface area is 131 Å². The summed E-state index contributed by atoms with van der Waals surface area (Å²) in [6, 6.07) is 8.33. The van der Waals surface area contributed by atoms with E-state index in [1.165, 1.54) is 11.1 Å². The van der Waals surface area contributed by atoms with Gasteiger partial charge in [-0.2, -0.15) is 0 Å². The molecule has 0 aliphatic carbocycles. The fourth-order valence-corrected chi connectivity index (χ4v) is 2.84. The van der Waals surface area contributed by atoms with E-state index in [1.807, 2.05) is 19.0 Å². The van der Waals surface area contributed by atoms with Crippen molar-refractivity contribution in [1.82, 2.24) is 10.2 Å². The van der Waals surface area contributed by atoms with Crippen LogP contribution in [0.15, 0.2) is 24.3 Å². The molecule has 118 valence electrons. The third-order valence-electron chi connectivity index (χ3n) is 2.95. The zero-order chi connectivity index (χ0) is 15.9. The van der Waals surface area contributed by atoms with Gasteiger partial charge < -0.3 is 15.3 Å². The van der Waals surface area contributed by atoms with Gasteiger partial charge in [0.25, 0.3) is 0 Å². The van der Waals surface area contributed by atoms with Gasteiger partial charge in [-0.25, -0.2) is 0 Å². The number of thioether (sulfide) groups is 1. The Morgan fingerprint density at radius 2 is 1.95 bits per heavy atom. The molecule has 0 saturated carbocycles. The normalized spacial score (nSPS) is 14.0. The third-order valence-corrected chi connectivity index (χ3v) is 3.95. The topological polar surface area (TPSA) is 52.6 Å². The number of hydrogen-bond acceptors (Lipinski definition) is 4. The predicted octanol–water partition coefficient (Wildman–Crippen LogP) is 1.66. The summed E-state index contributed by atoms with van der Waals surface area (Å²) >= 11 is 1.58. The first-order valence-corrected chi connectivity index (χ1v) is 8.21. The Morgan fingerprint density at radius 1 is 1.33 bits per heavy atom.